The lowest BCUT2D eigenvalue weighted by molar-refractivity contribution is -0.143. The zero-order valence-corrected chi connectivity index (χ0v) is 23.1. The lowest BCUT2D eigenvalue weighted by atomic mass is 9.43. The Morgan fingerprint density at radius 3 is 2.28 bits per heavy atom. The zero-order chi connectivity index (χ0) is 27.0. The fraction of sp³-hybridized carbons (Fsp3) is 0.800. The van der Waals surface area contributed by atoms with Crippen molar-refractivity contribution in [2.45, 2.75) is 106 Å². The SMILES string of the molecule is C[C@H](CC(=O)C[C@@H](C)[C@@H]1C[C@H](O)[C@]2(C)C3=C(C(=O)C[C@]12C)[C@@]1(C)CCC(=O)C(C)(C)[C@H]1CC3)C(=O)O. The highest BCUT2D eigenvalue weighted by Crippen LogP contribution is 2.71. The van der Waals surface area contributed by atoms with Crippen molar-refractivity contribution < 1.29 is 29.4 Å². The van der Waals surface area contributed by atoms with Crippen LogP contribution >= 0.6 is 0 Å². The fourth-order valence-corrected chi connectivity index (χ4v) is 9.26. The number of carbonyl (C=O) groups is 4. The molecule has 8 atom stereocenters. The molecule has 0 spiro atoms. The molecule has 200 valence electrons. The first kappa shape index (κ1) is 27.2. The molecule has 0 aromatic heterocycles. The van der Waals surface area contributed by atoms with Crippen LogP contribution in [0, 0.1) is 45.3 Å². The summed E-state index contributed by atoms with van der Waals surface area (Å²) in [6.45, 7) is 14.1. The number of aliphatic hydroxyl groups is 1. The van der Waals surface area contributed by atoms with Crippen LogP contribution < -0.4 is 0 Å². The third-order valence-electron chi connectivity index (χ3n) is 11.6. The van der Waals surface area contributed by atoms with E-state index in [-0.39, 0.29) is 53.4 Å². The van der Waals surface area contributed by atoms with Gasteiger partial charge in [-0.05, 0) is 48.9 Å². The van der Waals surface area contributed by atoms with Gasteiger partial charge in [0.25, 0.3) is 0 Å². The van der Waals surface area contributed by atoms with Gasteiger partial charge in [-0.1, -0.05) is 54.0 Å². The number of hydrogen-bond acceptors (Lipinski definition) is 5. The molecule has 4 aliphatic carbocycles. The fourth-order valence-electron chi connectivity index (χ4n) is 9.26. The number of hydrogen-bond donors (Lipinski definition) is 2. The molecule has 4 rings (SSSR count). The molecule has 0 aliphatic heterocycles. The zero-order valence-electron chi connectivity index (χ0n) is 23.1. The second-order valence-electron chi connectivity index (χ2n) is 13.7. The van der Waals surface area contributed by atoms with Gasteiger partial charge in [0.2, 0.25) is 0 Å². The maximum Gasteiger partial charge on any atom is 0.306 e. The summed E-state index contributed by atoms with van der Waals surface area (Å²) in [5, 5.41) is 20.8. The molecule has 4 aliphatic rings. The molecule has 0 unspecified atom stereocenters. The van der Waals surface area contributed by atoms with Gasteiger partial charge in [-0.3, -0.25) is 19.2 Å². The van der Waals surface area contributed by atoms with Gasteiger partial charge in [-0.2, -0.15) is 0 Å². The average molecular weight is 501 g/mol. The van der Waals surface area contributed by atoms with Gasteiger partial charge in [-0.25, -0.2) is 0 Å². The number of Topliss-reactive ketones (excluding diaryl/α,β-unsaturated/α-hetero) is 3. The van der Waals surface area contributed by atoms with Gasteiger partial charge in [0.1, 0.15) is 11.6 Å². The van der Waals surface area contributed by atoms with Crippen LogP contribution in [0.3, 0.4) is 0 Å². The summed E-state index contributed by atoms with van der Waals surface area (Å²) in [5.41, 5.74) is 0.108. The monoisotopic (exact) mass is 500 g/mol. The number of ketones is 3. The minimum absolute atomic E-state index is 0.00537. The van der Waals surface area contributed by atoms with Crippen molar-refractivity contribution in [2.24, 2.45) is 45.3 Å². The van der Waals surface area contributed by atoms with Gasteiger partial charge in [0.15, 0.2) is 5.78 Å². The van der Waals surface area contributed by atoms with E-state index in [1.807, 2.05) is 20.8 Å². The first-order valence-electron chi connectivity index (χ1n) is 13.7. The molecule has 0 aromatic carbocycles. The number of carbonyl (C=O) groups excluding carboxylic acids is 3. The van der Waals surface area contributed by atoms with Crippen molar-refractivity contribution in [2.75, 3.05) is 0 Å². The molecule has 2 fully saturated rings. The Morgan fingerprint density at radius 1 is 1.03 bits per heavy atom. The predicted molar refractivity (Wildman–Crippen MR) is 136 cm³/mol. The molecule has 0 saturated heterocycles. The predicted octanol–water partition coefficient (Wildman–Crippen LogP) is 5.16. The Hall–Kier alpha value is -1.82. The van der Waals surface area contributed by atoms with Crippen LogP contribution in [0.2, 0.25) is 0 Å². The van der Waals surface area contributed by atoms with Crippen LogP contribution in [0.25, 0.3) is 0 Å². The highest BCUT2D eigenvalue weighted by Gasteiger charge is 2.68. The number of carboxylic acids is 1. The van der Waals surface area contributed by atoms with E-state index in [2.05, 4.69) is 20.8 Å². The van der Waals surface area contributed by atoms with E-state index in [1.54, 1.807) is 6.92 Å². The van der Waals surface area contributed by atoms with Crippen molar-refractivity contribution in [3.8, 4) is 0 Å². The van der Waals surface area contributed by atoms with E-state index in [0.717, 1.165) is 24.0 Å². The van der Waals surface area contributed by atoms with Gasteiger partial charge in [0, 0.05) is 47.5 Å². The number of carboxylic acid groups (broad SMARTS) is 1. The first-order valence-corrected chi connectivity index (χ1v) is 13.7. The molecule has 6 nitrogen and oxygen atoms in total. The topological polar surface area (TPSA) is 109 Å². The number of aliphatic carboxylic acids is 1. The lowest BCUT2D eigenvalue weighted by Crippen LogP contribution is -2.57. The molecule has 0 radical (unpaired) electrons. The van der Waals surface area contributed by atoms with Gasteiger partial charge >= 0.3 is 5.97 Å². The first-order chi connectivity index (χ1) is 16.5. The number of rotatable bonds is 6. The van der Waals surface area contributed by atoms with Gasteiger partial charge in [0.05, 0.1) is 12.0 Å². The van der Waals surface area contributed by atoms with Crippen LogP contribution in [0.15, 0.2) is 11.1 Å². The Balaban J connectivity index is 1.70. The second kappa shape index (κ2) is 8.61. The average Bonchev–Trinajstić information content (AvgIpc) is 2.97. The van der Waals surface area contributed by atoms with E-state index in [4.69, 9.17) is 0 Å². The minimum atomic E-state index is -0.971. The summed E-state index contributed by atoms with van der Waals surface area (Å²) in [6.07, 6.45) is 3.25. The normalized spacial score (nSPS) is 41.3. The van der Waals surface area contributed by atoms with E-state index < -0.39 is 34.2 Å². The molecule has 0 amide bonds. The maximum atomic E-state index is 14.0. The highest BCUT2D eigenvalue weighted by atomic mass is 16.4. The van der Waals surface area contributed by atoms with Crippen molar-refractivity contribution in [3.05, 3.63) is 11.1 Å². The smallest absolute Gasteiger partial charge is 0.306 e. The summed E-state index contributed by atoms with van der Waals surface area (Å²) < 4.78 is 0. The number of aliphatic hydroxyl groups excluding tert-OH is 1. The second-order valence-corrected chi connectivity index (χ2v) is 13.7. The summed E-state index contributed by atoms with van der Waals surface area (Å²) in [6, 6.07) is 0. The molecular formula is C30H44O6. The molecule has 36 heavy (non-hydrogen) atoms. The third-order valence-corrected chi connectivity index (χ3v) is 11.6. The third kappa shape index (κ3) is 3.60. The largest absolute Gasteiger partial charge is 0.481 e. The molecule has 0 bridgehead atoms. The molecule has 2 saturated carbocycles. The Morgan fingerprint density at radius 2 is 1.67 bits per heavy atom. The quantitative estimate of drug-likeness (QED) is 0.521. The van der Waals surface area contributed by atoms with Crippen LogP contribution in [0.1, 0.15) is 99.8 Å². The maximum absolute atomic E-state index is 14.0. The highest BCUT2D eigenvalue weighted by molar-refractivity contribution is 6.00. The molecular weight excluding hydrogens is 456 g/mol. The number of allylic oxidation sites excluding steroid dienone is 1. The minimum Gasteiger partial charge on any atom is -0.481 e. The van der Waals surface area contributed by atoms with Crippen LogP contribution in [-0.4, -0.2) is 39.6 Å². The molecule has 0 heterocycles. The van der Waals surface area contributed by atoms with Crippen molar-refractivity contribution in [1.29, 1.82) is 0 Å². The van der Waals surface area contributed by atoms with Crippen LogP contribution in [-0.2, 0) is 19.2 Å². The van der Waals surface area contributed by atoms with Crippen molar-refractivity contribution in [1.82, 2.24) is 0 Å². The van der Waals surface area contributed by atoms with Crippen LogP contribution in [0.4, 0.5) is 0 Å². The standard InChI is InChI=1S/C30H44O6/c1-16(12-18(31)13-17(2)26(35)36)20-14-24(34)30(7)19-8-9-22-27(3,4)23(33)10-11-28(22,5)25(19)21(32)15-29(20,30)6/h16-17,20,22,24,34H,8-15H2,1-7H3,(H,35,36)/t16-,17-,20+,22-,24+,28+,29-,30+/m1/s1. The van der Waals surface area contributed by atoms with E-state index >= 15 is 0 Å². The number of fused-ring (bicyclic) bond motifs is 4. The van der Waals surface area contributed by atoms with Crippen LogP contribution in [0.5, 0.6) is 0 Å². The molecule has 6 heteroatoms. The van der Waals surface area contributed by atoms with Crippen molar-refractivity contribution in [3.63, 3.8) is 0 Å². The Labute approximate surface area is 215 Å². The van der Waals surface area contributed by atoms with Gasteiger partial charge < -0.3 is 10.2 Å². The summed E-state index contributed by atoms with van der Waals surface area (Å²) in [5.74, 6) is -1.29. The van der Waals surface area contributed by atoms with E-state index in [0.29, 0.717) is 25.7 Å². The molecule has 2 N–H and O–H groups in total. The Bertz CT molecular complexity index is 1040. The summed E-state index contributed by atoms with van der Waals surface area (Å²) in [4.78, 5) is 50.8. The van der Waals surface area contributed by atoms with Crippen molar-refractivity contribution >= 4 is 23.3 Å². The lowest BCUT2D eigenvalue weighted by Gasteiger charge is -2.60. The van der Waals surface area contributed by atoms with Gasteiger partial charge in [-0.15, -0.1) is 0 Å². The summed E-state index contributed by atoms with van der Waals surface area (Å²) >= 11 is 0. The van der Waals surface area contributed by atoms with E-state index in [1.165, 1.54) is 0 Å². The Kier molecular flexibility index (Phi) is 6.51. The molecule has 0 aromatic rings. The van der Waals surface area contributed by atoms with E-state index in [9.17, 15) is 29.4 Å². The summed E-state index contributed by atoms with van der Waals surface area (Å²) in [7, 11) is 0.